The van der Waals surface area contributed by atoms with Gasteiger partial charge in [-0.15, -0.1) is 0 Å². The van der Waals surface area contributed by atoms with Gasteiger partial charge in [-0.05, 0) is 26.3 Å². The highest BCUT2D eigenvalue weighted by atomic mass is 16.2. The predicted molar refractivity (Wildman–Crippen MR) is 52.5 cm³/mol. The number of nitrogens with zero attached hydrogens (tertiary/aromatic N) is 1. The van der Waals surface area contributed by atoms with E-state index in [0.717, 1.165) is 19.4 Å². The van der Waals surface area contributed by atoms with Gasteiger partial charge < -0.3 is 16.0 Å². The number of hydrogen-bond donors (Lipinski definition) is 2. The van der Waals surface area contributed by atoms with Crippen molar-refractivity contribution in [3.63, 3.8) is 0 Å². The first kappa shape index (κ1) is 10.3. The summed E-state index contributed by atoms with van der Waals surface area (Å²) in [6.45, 7) is 5.61. The second-order valence-corrected chi connectivity index (χ2v) is 3.63. The molecular formula is C9H19N3O. The molecule has 0 bridgehead atoms. The molecule has 2 unspecified atom stereocenters. The molecule has 0 spiro atoms. The Bertz CT molecular complexity index is 184. The molecule has 0 aliphatic carbocycles. The normalized spacial score (nSPS) is 24.7. The van der Waals surface area contributed by atoms with Gasteiger partial charge >= 0.3 is 6.03 Å². The smallest absolute Gasteiger partial charge is 0.317 e. The van der Waals surface area contributed by atoms with Crippen LogP contribution < -0.4 is 11.1 Å². The van der Waals surface area contributed by atoms with Crippen LogP contribution in [0.1, 0.15) is 26.7 Å². The van der Waals surface area contributed by atoms with Crippen LogP contribution in [0.15, 0.2) is 0 Å². The van der Waals surface area contributed by atoms with Gasteiger partial charge in [0.1, 0.15) is 0 Å². The quantitative estimate of drug-likeness (QED) is 0.671. The van der Waals surface area contributed by atoms with Crippen molar-refractivity contribution >= 4 is 6.03 Å². The first-order valence-electron chi connectivity index (χ1n) is 4.96. The number of nitrogens with one attached hydrogen (secondary N) is 1. The van der Waals surface area contributed by atoms with Gasteiger partial charge in [-0.2, -0.15) is 0 Å². The fourth-order valence-corrected chi connectivity index (χ4v) is 1.59. The Morgan fingerprint density at radius 1 is 1.77 bits per heavy atom. The number of hydrogen-bond acceptors (Lipinski definition) is 2. The number of urea groups is 1. The molecule has 1 rings (SSSR count). The van der Waals surface area contributed by atoms with Gasteiger partial charge in [0.05, 0.1) is 0 Å². The molecule has 1 aliphatic heterocycles. The molecule has 4 nitrogen and oxygen atoms in total. The molecule has 0 aromatic carbocycles. The molecule has 4 heteroatoms. The van der Waals surface area contributed by atoms with Crippen molar-refractivity contribution in [3.8, 4) is 0 Å². The van der Waals surface area contributed by atoms with Gasteiger partial charge in [-0.1, -0.05) is 6.92 Å². The van der Waals surface area contributed by atoms with Crippen LogP contribution in [0, 0.1) is 0 Å². The molecule has 0 radical (unpaired) electrons. The topological polar surface area (TPSA) is 58.4 Å². The van der Waals surface area contributed by atoms with Gasteiger partial charge in [0.15, 0.2) is 0 Å². The summed E-state index contributed by atoms with van der Waals surface area (Å²) >= 11 is 0. The van der Waals surface area contributed by atoms with E-state index < -0.39 is 0 Å². The van der Waals surface area contributed by atoms with Crippen LogP contribution >= 0.6 is 0 Å². The van der Waals surface area contributed by atoms with E-state index in [1.54, 1.807) is 0 Å². The molecule has 1 fully saturated rings. The van der Waals surface area contributed by atoms with Crippen LogP contribution in [0.4, 0.5) is 4.79 Å². The monoisotopic (exact) mass is 185 g/mol. The molecule has 1 heterocycles. The van der Waals surface area contributed by atoms with Crippen molar-refractivity contribution in [2.45, 2.75) is 38.8 Å². The van der Waals surface area contributed by atoms with Gasteiger partial charge in [-0.25, -0.2) is 4.79 Å². The molecule has 1 aliphatic rings. The fraction of sp³-hybridized carbons (Fsp3) is 0.889. The third-order valence-corrected chi connectivity index (χ3v) is 2.64. The molecule has 76 valence electrons. The summed E-state index contributed by atoms with van der Waals surface area (Å²) in [5.41, 5.74) is 5.44. The van der Waals surface area contributed by atoms with Crippen molar-refractivity contribution in [1.29, 1.82) is 0 Å². The molecule has 2 atom stereocenters. The summed E-state index contributed by atoms with van der Waals surface area (Å²) < 4.78 is 0. The van der Waals surface area contributed by atoms with Gasteiger partial charge in [0.2, 0.25) is 0 Å². The molecule has 0 saturated carbocycles. The Morgan fingerprint density at radius 2 is 2.46 bits per heavy atom. The maximum atomic E-state index is 11.4. The molecule has 2 amide bonds. The van der Waals surface area contributed by atoms with Gasteiger partial charge in [-0.3, -0.25) is 0 Å². The zero-order chi connectivity index (χ0) is 9.84. The van der Waals surface area contributed by atoms with Crippen LogP contribution in [0.5, 0.6) is 0 Å². The largest absolute Gasteiger partial charge is 0.333 e. The number of amides is 2. The maximum Gasteiger partial charge on any atom is 0.317 e. The Morgan fingerprint density at radius 3 is 3.00 bits per heavy atom. The van der Waals surface area contributed by atoms with Crippen LogP contribution in [-0.2, 0) is 0 Å². The van der Waals surface area contributed by atoms with Crippen molar-refractivity contribution in [2.75, 3.05) is 13.1 Å². The van der Waals surface area contributed by atoms with Crippen molar-refractivity contribution in [1.82, 2.24) is 10.2 Å². The summed E-state index contributed by atoms with van der Waals surface area (Å²) in [7, 11) is 0. The number of nitrogens with two attached hydrogens (primary N) is 1. The first-order valence-corrected chi connectivity index (χ1v) is 4.96. The Hall–Kier alpha value is -0.770. The Kier molecular flexibility index (Phi) is 3.54. The molecular weight excluding hydrogens is 166 g/mol. The predicted octanol–water partition coefficient (Wildman–Crippen LogP) is 0.528. The lowest BCUT2D eigenvalue weighted by Gasteiger charge is -2.21. The lowest BCUT2D eigenvalue weighted by Crippen LogP contribution is -2.35. The van der Waals surface area contributed by atoms with Crippen LogP contribution in [-0.4, -0.2) is 36.1 Å². The van der Waals surface area contributed by atoms with Crippen molar-refractivity contribution < 1.29 is 4.79 Å². The molecule has 0 aromatic rings. The van der Waals surface area contributed by atoms with Crippen LogP contribution in [0.2, 0.25) is 0 Å². The van der Waals surface area contributed by atoms with E-state index in [0.29, 0.717) is 12.6 Å². The van der Waals surface area contributed by atoms with E-state index in [4.69, 9.17) is 5.73 Å². The SMILES string of the molecule is CCC(C)N1CC(CCN)NC1=O. The zero-order valence-corrected chi connectivity index (χ0v) is 8.42. The minimum atomic E-state index is 0.0628. The molecule has 0 aromatic heterocycles. The molecule has 1 saturated heterocycles. The molecule has 3 N–H and O–H groups in total. The van der Waals surface area contributed by atoms with E-state index in [-0.39, 0.29) is 12.1 Å². The Balaban J connectivity index is 2.46. The van der Waals surface area contributed by atoms with Crippen molar-refractivity contribution in [3.05, 3.63) is 0 Å². The number of carbonyl (C=O) groups is 1. The van der Waals surface area contributed by atoms with E-state index in [2.05, 4.69) is 19.2 Å². The van der Waals surface area contributed by atoms with Gasteiger partial charge in [0, 0.05) is 18.6 Å². The second-order valence-electron chi connectivity index (χ2n) is 3.63. The average molecular weight is 185 g/mol. The summed E-state index contributed by atoms with van der Waals surface area (Å²) in [6.07, 6.45) is 1.88. The number of carbonyl (C=O) groups excluding carboxylic acids is 1. The number of rotatable bonds is 4. The third kappa shape index (κ3) is 2.34. The van der Waals surface area contributed by atoms with Crippen LogP contribution in [0.3, 0.4) is 0 Å². The standard InChI is InChI=1S/C9H19N3O/c1-3-7(2)12-6-8(4-5-10)11-9(12)13/h7-8H,3-6,10H2,1-2H3,(H,11,13). The van der Waals surface area contributed by atoms with Crippen molar-refractivity contribution in [2.24, 2.45) is 5.73 Å². The Labute approximate surface area is 79.5 Å². The van der Waals surface area contributed by atoms with E-state index >= 15 is 0 Å². The maximum absolute atomic E-state index is 11.4. The van der Waals surface area contributed by atoms with Crippen LogP contribution in [0.25, 0.3) is 0 Å². The van der Waals surface area contributed by atoms with E-state index in [1.165, 1.54) is 0 Å². The van der Waals surface area contributed by atoms with Gasteiger partial charge in [0.25, 0.3) is 0 Å². The highest BCUT2D eigenvalue weighted by Crippen LogP contribution is 2.12. The average Bonchev–Trinajstić information content (AvgIpc) is 2.46. The van der Waals surface area contributed by atoms with E-state index in [1.807, 2.05) is 4.90 Å². The summed E-state index contributed by atoms with van der Waals surface area (Å²) in [5.74, 6) is 0. The lowest BCUT2D eigenvalue weighted by atomic mass is 10.2. The zero-order valence-electron chi connectivity index (χ0n) is 8.42. The fourth-order valence-electron chi connectivity index (χ4n) is 1.59. The lowest BCUT2D eigenvalue weighted by molar-refractivity contribution is 0.200. The first-order chi connectivity index (χ1) is 6.19. The van der Waals surface area contributed by atoms with E-state index in [9.17, 15) is 4.79 Å². The summed E-state index contributed by atoms with van der Waals surface area (Å²) in [5, 5.41) is 2.93. The highest BCUT2D eigenvalue weighted by Gasteiger charge is 2.30. The second kappa shape index (κ2) is 4.46. The minimum Gasteiger partial charge on any atom is -0.333 e. The summed E-state index contributed by atoms with van der Waals surface area (Å²) in [4.78, 5) is 13.3. The third-order valence-electron chi connectivity index (χ3n) is 2.64. The summed E-state index contributed by atoms with van der Waals surface area (Å²) in [6, 6.07) is 0.655. The molecule has 13 heavy (non-hydrogen) atoms. The minimum absolute atomic E-state index is 0.0628. The highest BCUT2D eigenvalue weighted by molar-refractivity contribution is 5.77.